The first-order valence-corrected chi connectivity index (χ1v) is 8.05. The van der Waals surface area contributed by atoms with E-state index >= 15 is 0 Å². The molecule has 0 bridgehead atoms. The molecule has 1 N–H and O–H groups in total. The van der Waals surface area contributed by atoms with Gasteiger partial charge in [-0.1, -0.05) is 20.3 Å². The summed E-state index contributed by atoms with van der Waals surface area (Å²) in [5, 5.41) is 3.01. The summed E-state index contributed by atoms with van der Waals surface area (Å²) < 4.78 is 5.27. The van der Waals surface area contributed by atoms with Crippen LogP contribution in [0.1, 0.15) is 33.1 Å². The quantitative estimate of drug-likeness (QED) is 0.607. The highest BCUT2D eigenvalue weighted by atomic mass is 16.5. The van der Waals surface area contributed by atoms with Crippen LogP contribution >= 0.6 is 0 Å². The molecule has 1 saturated heterocycles. The van der Waals surface area contributed by atoms with Crippen LogP contribution in [0.15, 0.2) is 0 Å². The molecule has 0 aromatic carbocycles. The number of carbonyl (C=O) groups excluding carboxylic acids is 1. The number of amides is 1. The number of rotatable bonds is 10. The fourth-order valence-electron chi connectivity index (χ4n) is 2.42. The normalized spacial score (nSPS) is 16.6. The third-order valence-corrected chi connectivity index (χ3v) is 3.84. The molecule has 0 unspecified atom stereocenters. The predicted octanol–water partition coefficient (Wildman–Crippen LogP) is 0.947. The molecule has 1 fully saturated rings. The summed E-state index contributed by atoms with van der Waals surface area (Å²) in [5.41, 5.74) is 0. The summed E-state index contributed by atoms with van der Waals surface area (Å²) in [4.78, 5) is 16.3. The zero-order valence-electron chi connectivity index (χ0n) is 13.2. The van der Waals surface area contributed by atoms with Crippen molar-refractivity contribution in [2.24, 2.45) is 0 Å². The van der Waals surface area contributed by atoms with Gasteiger partial charge in [-0.3, -0.25) is 9.69 Å². The molecule has 0 saturated carbocycles. The Morgan fingerprint density at radius 1 is 1.15 bits per heavy atom. The molecule has 20 heavy (non-hydrogen) atoms. The molecule has 0 aromatic rings. The Bertz CT molecular complexity index is 252. The fraction of sp³-hybridized carbons (Fsp3) is 0.933. The van der Waals surface area contributed by atoms with Crippen LogP contribution in [-0.2, 0) is 9.53 Å². The number of ether oxygens (including phenoxy) is 1. The van der Waals surface area contributed by atoms with Crippen LogP contribution in [0.25, 0.3) is 0 Å². The van der Waals surface area contributed by atoms with Crippen molar-refractivity contribution in [3.05, 3.63) is 0 Å². The SMILES string of the molecule is CCN(CC)CCCCCNC(=O)CN1CCOCC1. The van der Waals surface area contributed by atoms with Gasteiger partial charge in [0.1, 0.15) is 0 Å². The molecule has 118 valence electrons. The van der Waals surface area contributed by atoms with E-state index in [1.165, 1.54) is 19.4 Å². The van der Waals surface area contributed by atoms with E-state index in [0.29, 0.717) is 6.54 Å². The van der Waals surface area contributed by atoms with Gasteiger partial charge in [-0.2, -0.15) is 0 Å². The minimum absolute atomic E-state index is 0.149. The van der Waals surface area contributed by atoms with Crippen molar-refractivity contribution in [2.75, 3.05) is 59.0 Å². The molecule has 5 nitrogen and oxygen atoms in total. The first-order valence-electron chi connectivity index (χ1n) is 8.05. The summed E-state index contributed by atoms with van der Waals surface area (Å²) in [6, 6.07) is 0. The maximum atomic E-state index is 11.7. The highest BCUT2D eigenvalue weighted by Crippen LogP contribution is 1.99. The van der Waals surface area contributed by atoms with Crippen molar-refractivity contribution in [1.82, 2.24) is 15.1 Å². The summed E-state index contributed by atoms with van der Waals surface area (Å²) >= 11 is 0. The Hall–Kier alpha value is -0.650. The van der Waals surface area contributed by atoms with E-state index in [2.05, 4.69) is 29.0 Å². The minimum atomic E-state index is 0.149. The Kier molecular flexibility index (Phi) is 9.62. The number of nitrogens with one attached hydrogen (secondary N) is 1. The third-order valence-electron chi connectivity index (χ3n) is 3.84. The van der Waals surface area contributed by atoms with Gasteiger partial charge in [0.25, 0.3) is 0 Å². The lowest BCUT2D eigenvalue weighted by molar-refractivity contribution is -0.123. The number of hydrogen-bond donors (Lipinski definition) is 1. The molecular formula is C15H31N3O2. The van der Waals surface area contributed by atoms with Gasteiger partial charge in [-0.15, -0.1) is 0 Å². The van der Waals surface area contributed by atoms with Gasteiger partial charge in [0, 0.05) is 19.6 Å². The van der Waals surface area contributed by atoms with Gasteiger partial charge in [-0.25, -0.2) is 0 Å². The zero-order chi connectivity index (χ0) is 14.6. The monoisotopic (exact) mass is 285 g/mol. The van der Waals surface area contributed by atoms with Gasteiger partial charge in [-0.05, 0) is 32.5 Å². The molecular weight excluding hydrogens is 254 g/mol. The first kappa shape index (κ1) is 17.4. The molecule has 1 aliphatic heterocycles. The average Bonchev–Trinajstić information content (AvgIpc) is 2.47. The first-order chi connectivity index (χ1) is 9.76. The van der Waals surface area contributed by atoms with E-state index in [0.717, 1.165) is 52.4 Å². The van der Waals surface area contributed by atoms with Gasteiger partial charge < -0.3 is 15.0 Å². The Balaban J connectivity index is 1.93. The molecule has 0 spiro atoms. The number of morpholine rings is 1. The van der Waals surface area contributed by atoms with Gasteiger partial charge in [0.05, 0.1) is 19.8 Å². The Morgan fingerprint density at radius 3 is 2.50 bits per heavy atom. The summed E-state index contributed by atoms with van der Waals surface area (Å²) in [6.45, 7) is 12.4. The lowest BCUT2D eigenvalue weighted by Gasteiger charge is -2.25. The second-order valence-electron chi connectivity index (χ2n) is 5.33. The highest BCUT2D eigenvalue weighted by Gasteiger charge is 2.13. The molecule has 1 amide bonds. The maximum absolute atomic E-state index is 11.7. The number of carbonyl (C=O) groups is 1. The highest BCUT2D eigenvalue weighted by molar-refractivity contribution is 5.77. The van der Waals surface area contributed by atoms with Crippen LogP contribution in [0.5, 0.6) is 0 Å². The van der Waals surface area contributed by atoms with Gasteiger partial charge >= 0.3 is 0 Å². The van der Waals surface area contributed by atoms with E-state index < -0.39 is 0 Å². The Morgan fingerprint density at radius 2 is 1.85 bits per heavy atom. The van der Waals surface area contributed by atoms with E-state index in [1.54, 1.807) is 0 Å². The summed E-state index contributed by atoms with van der Waals surface area (Å²) in [6.07, 6.45) is 3.49. The van der Waals surface area contributed by atoms with Crippen molar-refractivity contribution >= 4 is 5.91 Å². The summed E-state index contributed by atoms with van der Waals surface area (Å²) in [5.74, 6) is 0.149. The van der Waals surface area contributed by atoms with Gasteiger partial charge in [0.15, 0.2) is 0 Å². The van der Waals surface area contributed by atoms with Crippen LogP contribution < -0.4 is 5.32 Å². The number of nitrogens with zero attached hydrogens (tertiary/aromatic N) is 2. The van der Waals surface area contributed by atoms with Crippen molar-refractivity contribution in [3.63, 3.8) is 0 Å². The zero-order valence-corrected chi connectivity index (χ0v) is 13.2. The van der Waals surface area contributed by atoms with Crippen LogP contribution in [0.2, 0.25) is 0 Å². The van der Waals surface area contributed by atoms with Crippen molar-refractivity contribution in [3.8, 4) is 0 Å². The number of hydrogen-bond acceptors (Lipinski definition) is 4. The predicted molar refractivity (Wildman–Crippen MR) is 81.9 cm³/mol. The molecule has 0 radical (unpaired) electrons. The molecule has 0 atom stereocenters. The van der Waals surface area contributed by atoms with Crippen LogP contribution in [0.4, 0.5) is 0 Å². The standard InChI is InChI=1S/C15H31N3O2/c1-3-17(4-2)9-7-5-6-8-16-15(19)14-18-10-12-20-13-11-18/h3-14H2,1-2H3,(H,16,19). The molecule has 5 heteroatoms. The van der Waals surface area contributed by atoms with E-state index in [4.69, 9.17) is 4.74 Å². The molecule has 0 aromatic heterocycles. The Labute approximate surface area is 123 Å². The van der Waals surface area contributed by atoms with Crippen LogP contribution in [0, 0.1) is 0 Å². The average molecular weight is 285 g/mol. The third kappa shape index (κ3) is 7.82. The molecule has 1 rings (SSSR count). The lowest BCUT2D eigenvalue weighted by Crippen LogP contribution is -2.43. The van der Waals surface area contributed by atoms with E-state index in [-0.39, 0.29) is 5.91 Å². The second kappa shape index (κ2) is 11.1. The van der Waals surface area contributed by atoms with E-state index in [1.807, 2.05) is 0 Å². The number of unbranched alkanes of at least 4 members (excludes halogenated alkanes) is 2. The molecule has 1 heterocycles. The van der Waals surface area contributed by atoms with E-state index in [9.17, 15) is 4.79 Å². The molecule has 1 aliphatic rings. The second-order valence-corrected chi connectivity index (χ2v) is 5.33. The smallest absolute Gasteiger partial charge is 0.234 e. The van der Waals surface area contributed by atoms with Crippen LogP contribution in [-0.4, -0.2) is 74.7 Å². The largest absolute Gasteiger partial charge is 0.379 e. The van der Waals surface area contributed by atoms with Crippen molar-refractivity contribution < 1.29 is 9.53 Å². The van der Waals surface area contributed by atoms with Crippen LogP contribution in [0.3, 0.4) is 0 Å². The van der Waals surface area contributed by atoms with Crippen molar-refractivity contribution in [1.29, 1.82) is 0 Å². The minimum Gasteiger partial charge on any atom is -0.379 e. The lowest BCUT2D eigenvalue weighted by atomic mass is 10.2. The summed E-state index contributed by atoms with van der Waals surface area (Å²) in [7, 11) is 0. The maximum Gasteiger partial charge on any atom is 0.234 e. The molecule has 0 aliphatic carbocycles. The topological polar surface area (TPSA) is 44.8 Å². The fourth-order valence-corrected chi connectivity index (χ4v) is 2.42. The van der Waals surface area contributed by atoms with Crippen molar-refractivity contribution in [2.45, 2.75) is 33.1 Å². The van der Waals surface area contributed by atoms with Gasteiger partial charge in [0.2, 0.25) is 5.91 Å².